The first-order chi connectivity index (χ1) is 14.3. The van der Waals surface area contributed by atoms with E-state index in [4.69, 9.17) is 11.6 Å². The molecule has 6 nitrogen and oxygen atoms in total. The molecule has 0 saturated heterocycles. The van der Waals surface area contributed by atoms with E-state index in [2.05, 4.69) is 10.5 Å². The number of anilines is 1. The van der Waals surface area contributed by atoms with Crippen LogP contribution in [-0.2, 0) is 16.6 Å². The molecular weight excluding hydrogens is 422 g/mol. The molecular formula is C22H20ClN3O3S. The Labute approximate surface area is 180 Å². The van der Waals surface area contributed by atoms with Crippen LogP contribution in [0.5, 0.6) is 0 Å². The number of nitrogens with one attached hydrogen (secondary N) is 1. The lowest BCUT2D eigenvalue weighted by Crippen LogP contribution is -2.32. The Balaban J connectivity index is 1.86. The van der Waals surface area contributed by atoms with Gasteiger partial charge in [0, 0.05) is 5.02 Å². The second-order valence-corrected chi connectivity index (χ2v) is 8.87. The van der Waals surface area contributed by atoms with E-state index in [1.54, 1.807) is 48.5 Å². The molecule has 3 aromatic rings. The summed E-state index contributed by atoms with van der Waals surface area (Å²) < 4.78 is 26.2. The van der Waals surface area contributed by atoms with Crippen LogP contribution in [0.4, 0.5) is 5.69 Å². The number of benzene rings is 3. The van der Waals surface area contributed by atoms with Crippen molar-refractivity contribution in [1.82, 2.24) is 5.43 Å². The minimum absolute atomic E-state index is 0.107. The van der Waals surface area contributed by atoms with Crippen LogP contribution in [0.2, 0.25) is 5.02 Å². The Morgan fingerprint density at radius 1 is 1.03 bits per heavy atom. The topological polar surface area (TPSA) is 78.8 Å². The van der Waals surface area contributed by atoms with E-state index in [9.17, 15) is 13.2 Å². The lowest BCUT2D eigenvalue weighted by molar-refractivity contribution is 0.0956. The summed E-state index contributed by atoms with van der Waals surface area (Å²) >= 11 is 5.94. The number of halogens is 1. The van der Waals surface area contributed by atoms with Crippen LogP contribution in [0, 0.1) is 0 Å². The van der Waals surface area contributed by atoms with Crippen molar-refractivity contribution in [3.63, 3.8) is 0 Å². The molecule has 0 aliphatic heterocycles. The fraction of sp³-hybridized carbons (Fsp3) is 0.0909. The van der Waals surface area contributed by atoms with Gasteiger partial charge >= 0.3 is 0 Å². The van der Waals surface area contributed by atoms with Crippen LogP contribution in [0.1, 0.15) is 21.5 Å². The lowest BCUT2D eigenvalue weighted by Gasteiger charge is -2.24. The third-order valence-electron chi connectivity index (χ3n) is 4.22. The third kappa shape index (κ3) is 5.68. The van der Waals surface area contributed by atoms with E-state index in [1.165, 1.54) is 10.5 Å². The van der Waals surface area contributed by atoms with Gasteiger partial charge in [0.1, 0.15) is 0 Å². The van der Waals surface area contributed by atoms with Crippen molar-refractivity contribution in [3.8, 4) is 0 Å². The Kier molecular flexibility index (Phi) is 6.87. The standard InChI is InChI=1S/C22H20ClN3O3S/c1-30(28,29)26(16-17-8-3-2-4-9-17)21-13-6-5-12-20(21)22(27)25-24-15-18-10-7-11-19(23)14-18/h2-15H,16H2,1H3,(H,25,27)/b24-15+. The summed E-state index contributed by atoms with van der Waals surface area (Å²) in [5.41, 5.74) is 4.44. The molecule has 0 bridgehead atoms. The molecule has 3 rings (SSSR count). The summed E-state index contributed by atoms with van der Waals surface area (Å²) in [5.74, 6) is -0.523. The first kappa shape index (κ1) is 21.5. The number of sulfonamides is 1. The summed E-state index contributed by atoms with van der Waals surface area (Å²) in [6.07, 6.45) is 2.58. The quantitative estimate of drug-likeness (QED) is 0.443. The third-order valence-corrected chi connectivity index (χ3v) is 5.58. The van der Waals surface area contributed by atoms with E-state index < -0.39 is 15.9 Å². The van der Waals surface area contributed by atoms with Crippen molar-refractivity contribution in [2.24, 2.45) is 5.10 Å². The summed E-state index contributed by atoms with van der Waals surface area (Å²) in [5, 5.41) is 4.51. The van der Waals surface area contributed by atoms with Crippen molar-refractivity contribution in [2.75, 3.05) is 10.6 Å². The van der Waals surface area contributed by atoms with E-state index >= 15 is 0 Å². The highest BCUT2D eigenvalue weighted by molar-refractivity contribution is 7.92. The highest BCUT2D eigenvalue weighted by atomic mass is 35.5. The van der Waals surface area contributed by atoms with Gasteiger partial charge in [0.05, 0.1) is 30.3 Å². The molecule has 1 amide bonds. The Bertz CT molecular complexity index is 1170. The van der Waals surface area contributed by atoms with Crippen molar-refractivity contribution < 1.29 is 13.2 Å². The smallest absolute Gasteiger partial charge is 0.267 e. The van der Waals surface area contributed by atoms with Crippen molar-refractivity contribution >= 4 is 39.4 Å². The summed E-state index contributed by atoms with van der Waals surface area (Å²) in [6.45, 7) is 0.107. The molecule has 0 atom stereocenters. The highest BCUT2D eigenvalue weighted by Crippen LogP contribution is 2.25. The zero-order valence-corrected chi connectivity index (χ0v) is 17.8. The average molecular weight is 442 g/mol. The summed E-state index contributed by atoms with van der Waals surface area (Å²) in [4.78, 5) is 12.7. The lowest BCUT2D eigenvalue weighted by atomic mass is 10.1. The Hall–Kier alpha value is -3.16. The molecule has 8 heteroatoms. The number of rotatable bonds is 7. The zero-order valence-electron chi connectivity index (χ0n) is 16.2. The molecule has 0 saturated carbocycles. The predicted octanol–water partition coefficient (Wildman–Crippen LogP) is 4.07. The van der Waals surface area contributed by atoms with Gasteiger partial charge in [-0.3, -0.25) is 9.10 Å². The largest absolute Gasteiger partial charge is 0.273 e. The second-order valence-electron chi connectivity index (χ2n) is 6.53. The van der Waals surface area contributed by atoms with E-state index in [0.29, 0.717) is 5.02 Å². The van der Waals surface area contributed by atoms with Gasteiger partial charge in [0.15, 0.2) is 0 Å². The number of carbonyl (C=O) groups excluding carboxylic acids is 1. The molecule has 0 spiro atoms. The number of nitrogens with zero attached hydrogens (tertiary/aromatic N) is 2. The number of carbonyl (C=O) groups is 1. The molecule has 1 N–H and O–H groups in total. The highest BCUT2D eigenvalue weighted by Gasteiger charge is 2.23. The minimum Gasteiger partial charge on any atom is -0.267 e. The molecule has 0 aliphatic carbocycles. The molecule has 0 heterocycles. The van der Waals surface area contributed by atoms with Gasteiger partial charge in [-0.1, -0.05) is 66.2 Å². The van der Waals surface area contributed by atoms with Crippen molar-refractivity contribution in [3.05, 3.63) is 101 Å². The maximum Gasteiger partial charge on any atom is 0.273 e. The molecule has 30 heavy (non-hydrogen) atoms. The summed E-state index contributed by atoms with van der Waals surface area (Å²) in [6, 6.07) is 22.7. The number of amides is 1. The molecule has 0 unspecified atom stereocenters. The number of para-hydroxylation sites is 1. The van der Waals surface area contributed by atoms with Crippen LogP contribution >= 0.6 is 11.6 Å². The molecule has 3 aromatic carbocycles. The molecule has 0 aromatic heterocycles. The van der Waals surface area contributed by atoms with Gasteiger partial charge in [0.25, 0.3) is 5.91 Å². The number of hydrogen-bond acceptors (Lipinski definition) is 4. The monoisotopic (exact) mass is 441 g/mol. The van der Waals surface area contributed by atoms with Crippen molar-refractivity contribution in [1.29, 1.82) is 0 Å². The van der Waals surface area contributed by atoms with Crippen LogP contribution in [0.15, 0.2) is 84.0 Å². The maximum absolute atomic E-state index is 12.7. The fourth-order valence-corrected chi connectivity index (χ4v) is 3.92. The molecule has 0 radical (unpaired) electrons. The SMILES string of the molecule is CS(=O)(=O)N(Cc1ccccc1)c1ccccc1C(=O)N/N=C/c1cccc(Cl)c1. The molecule has 0 aliphatic rings. The Morgan fingerprint density at radius 2 is 1.73 bits per heavy atom. The van der Waals surface area contributed by atoms with Crippen LogP contribution in [0.25, 0.3) is 0 Å². The van der Waals surface area contributed by atoms with Gasteiger partial charge in [-0.15, -0.1) is 0 Å². The van der Waals surface area contributed by atoms with Crippen LogP contribution in [-0.4, -0.2) is 26.8 Å². The van der Waals surface area contributed by atoms with Gasteiger partial charge < -0.3 is 0 Å². The van der Waals surface area contributed by atoms with E-state index in [-0.39, 0.29) is 17.8 Å². The van der Waals surface area contributed by atoms with Crippen LogP contribution < -0.4 is 9.73 Å². The van der Waals surface area contributed by atoms with Crippen LogP contribution in [0.3, 0.4) is 0 Å². The number of hydrogen-bond donors (Lipinski definition) is 1. The second kappa shape index (κ2) is 9.56. The average Bonchev–Trinajstić information content (AvgIpc) is 2.72. The van der Waals surface area contributed by atoms with Gasteiger partial charge in [0.2, 0.25) is 10.0 Å². The van der Waals surface area contributed by atoms with E-state index in [0.717, 1.165) is 17.4 Å². The normalized spacial score (nSPS) is 11.4. The first-order valence-corrected chi connectivity index (χ1v) is 11.3. The fourth-order valence-electron chi connectivity index (χ4n) is 2.83. The van der Waals surface area contributed by atoms with E-state index in [1.807, 2.05) is 30.3 Å². The van der Waals surface area contributed by atoms with Gasteiger partial charge in [-0.25, -0.2) is 13.8 Å². The minimum atomic E-state index is -3.64. The first-order valence-electron chi connectivity index (χ1n) is 9.04. The predicted molar refractivity (Wildman–Crippen MR) is 120 cm³/mol. The van der Waals surface area contributed by atoms with Gasteiger partial charge in [-0.2, -0.15) is 5.10 Å². The molecule has 0 fully saturated rings. The zero-order chi connectivity index (χ0) is 21.6. The number of hydrazone groups is 1. The maximum atomic E-state index is 12.7. The van der Waals surface area contributed by atoms with Crippen molar-refractivity contribution in [2.45, 2.75) is 6.54 Å². The Morgan fingerprint density at radius 3 is 2.43 bits per heavy atom. The van der Waals surface area contributed by atoms with Gasteiger partial charge in [-0.05, 0) is 35.4 Å². The summed E-state index contributed by atoms with van der Waals surface area (Å²) in [7, 11) is -3.64. The molecule has 154 valence electrons.